The van der Waals surface area contributed by atoms with E-state index in [-0.39, 0.29) is 5.91 Å². The third-order valence-corrected chi connectivity index (χ3v) is 4.48. The first-order valence-electron chi connectivity index (χ1n) is 7.49. The summed E-state index contributed by atoms with van der Waals surface area (Å²) in [6, 6.07) is 10.0. The van der Waals surface area contributed by atoms with Gasteiger partial charge in [0.05, 0.1) is 5.69 Å². The molecule has 1 aromatic heterocycles. The zero-order valence-electron chi connectivity index (χ0n) is 12.9. The molecule has 1 heterocycles. The van der Waals surface area contributed by atoms with Crippen LogP contribution in [-0.4, -0.2) is 28.9 Å². The molecular formula is C17H22N2OS. The number of hydrogen-bond donors (Lipinski definition) is 0. The molecule has 0 aliphatic heterocycles. The van der Waals surface area contributed by atoms with Crippen LogP contribution in [-0.2, 0) is 0 Å². The summed E-state index contributed by atoms with van der Waals surface area (Å²) in [7, 11) is 0. The van der Waals surface area contributed by atoms with Crippen molar-refractivity contribution < 1.29 is 4.79 Å². The molecule has 0 saturated heterocycles. The van der Waals surface area contributed by atoms with E-state index in [9.17, 15) is 4.79 Å². The SMILES string of the molecule is CCCN(CCC)C(=O)c1sc(-c2ccccc2)nc1C. The third-order valence-electron chi connectivity index (χ3n) is 3.29. The first-order valence-corrected chi connectivity index (χ1v) is 8.31. The fraction of sp³-hybridized carbons (Fsp3) is 0.412. The standard InChI is InChI=1S/C17H22N2OS/c1-4-11-19(12-5-2)17(20)15-13(3)18-16(21-15)14-9-7-6-8-10-14/h6-10H,4-5,11-12H2,1-3H3. The molecular weight excluding hydrogens is 280 g/mol. The van der Waals surface area contributed by atoms with Crippen LogP contribution in [0.3, 0.4) is 0 Å². The Morgan fingerprint density at radius 1 is 1.14 bits per heavy atom. The van der Waals surface area contributed by atoms with E-state index in [0.29, 0.717) is 0 Å². The molecule has 0 fully saturated rings. The number of carbonyl (C=O) groups excluding carboxylic acids is 1. The van der Waals surface area contributed by atoms with E-state index in [1.165, 1.54) is 11.3 Å². The second kappa shape index (κ2) is 7.36. The summed E-state index contributed by atoms with van der Waals surface area (Å²) < 4.78 is 0. The molecule has 0 spiro atoms. The fourth-order valence-corrected chi connectivity index (χ4v) is 3.34. The molecule has 0 atom stereocenters. The molecule has 0 bridgehead atoms. The Kier molecular flexibility index (Phi) is 5.51. The quantitative estimate of drug-likeness (QED) is 0.793. The Bertz CT molecular complexity index is 586. The number of rotatable bonds is 6. The van der Waals surface area contributed by atoms with E-state index in [1.54, 1.807) is 0 Å². The average Bonchev–Trinajstić information content (AvgIpc) is 2.89. The van der Waals surface area contributed by atoms with Gasteiger partial charge in [0.15, 0.2) is 0 Å². The zero-order chi connectivity index (χ0) is 15.2. The molecule has 0 aliphatic rings. The lowest BCUT2D eigenvalue weighted by Crippen LogP contribution is -2.32. The fourth-order valence-electron chi connectivity index (χ4n) is 2.30. The van der Waals surface area contributed by atoms with Gasteiger partial charge in [0, 0.05) is 18.7 Å². The molecule has 0 saturated carbocycles. The van der Waals surface area contributed by atoms with Gasteiger partial charge in [-0.3, -0.25) is 4.79 Å². The second-order valence-corrected chi connectivity index (χ2v) is 6.09. The van der Waals surface area contributed by atoms with Gasteiger partial charge in [0.25, 0.3) is 5.91 Å². The molecule has 0 unspecified atom stereocenters. The summed E-state index contributed by atoms with van der Waals surface area (Å²) in [5, 5.41) is 0.921. The Hall–Kier alpha value is -1.68. The smallest absolute Gasteiger partial charge is 0.265 e. The van der Waals surface area contributed by atoms with Gasteiger partial charge in [-0.1, -0.05) is 44.2 Å². The van der Waals surface area contributed by atoms with Crippen LogP contribution < -0.4 is 0 Å². The van der Waals surface area contributed by atoms with Gasteiger partial charge in [-0.2, -0.15) is 0 Å². The number of thiazole rings is 1. The monoisotopic (exact) mass is 302 g/mol. The Labute approximate surface area is 130 Å². The lowest BCUT2D eigenvalue weighted by Gasteiger charge is -2.20. The largest absolute Gasteiger partial charge is 0.338 e. The number of hydrogen-bond acceptors (Lipinski definition) is 3. The summed E-state index contributed by atoms with van der Waals surface area (Å²) in [5.74, 6) is 0.121. The van der Waals surface area contributed by atoms with Crippen LogP contribution in [0.5, 0.6) is 0 Å². The summed E-state index contributed by atoms with van der Waals surface area (Å²) in [4.78, 5) is 20.0. The van der Waals surface area contributed by atoms with E-state index < -0.39 is 0 Å². The van der Waals surface area contributed by atoms with E-state index in [2.05, 4.69) is 18.8 Å². The van der Waals surface area contributed by atoms with Crippen LogP contribution in [0.25, 0.3) is 10.6 Å². The van der Waals surface area contributed by atoms with Crippen LogP contribution >= 0.6 is 11.3 Å². The summed E-state index contributed by atoms with van der Waals surface area (Å²) >= 11 is 1.50. The van der Waals surface area contributed by atoms with E-state index in [4.69, 9.17) is 0 Å². The Morgan fingerprint density at radius 2 is 1.76 bits per heavy atom. The molecule has 0 aliphatic carbocycles. The van der Waals surface area contributed by atoms with E-state index >= 15 is 0 Å². The summed E-state index contributed by atoms with van der Waals surface area (Å²) in [6.07, 6.45) is 1.96. The molecule has 2 aromatic rings. The highest BCUT2D eigenvalue weighted by Crippen LogP contribution is 2.28. The van der Waals surface area contributed by atoms with Crippen molar-refractivity contribution in [2.75, 3.05) is 13.1 Å². The molecule has 0 radical (unpaired) electrons. The van der Waals surface area contributed by atoms with Crippen LogP contribution in [0.1, 0.15) is 42.1 Å². The minimum absolute atomic E-state index is 0.121. The highest BCUT2D eigenvalue weighted by Gasteiger charge is 2.20. The Balaban J connectivity index is 2.28. The van der Waals surface area contributed by atoms with Crippen molar-refractivity contribution in [3.8, 4) is 10.6 Å². The second-order valence-electron chi connectivity index (χ2n) is 5.09. The van der Waals surface area contributed by atoms with Crippen molar-refractivity contribution in [3.63, 3.8) is 0 Å². The molecule has 1 amide bonds. The van der Waals surface area contributed by atoms with Gasteiger partial charge in [0.2, 0.25) is 0 Å². The molecule has 0 N–H and O–H groups in total. The predicted octanol–water partition coefficient (Wildman–Crippen LogP) is 4.38. The van der Waals surface area contributed by atoms with E-state index in [1.807, 2.05) is 42.2 Å². The minimum Gasteiger partial charge on any atom is -0.338 e. The minimum atomic E-state index is 0.121. The van der Waals surface area contributed by atoms with Crippen molar-refractivity contribution in [2.45, 2.75) is 33.6 Å². The molecule has 4 heteroatoms. The van der Waals surface area contributed by atoms with Crippen molar-refractivity contribution in [3.05, 3.63) is 40.9 Å². The average molecular weight is 302 g/mol. The number of nitrogens with zero attached hydrogens (tertiary/aromatic N) is 2. The normalized spacial score (nSPS) is 10.6. The van der Waals surface area contributed by atoms with Gasteiger partial charge < -0.3 is 4.90 Å². The molecule has 21 heavy (non-hydrogen) atoms. The van der Waals surface area contributed by atoms with Crippen LogP contribution in [0.2, 0.25) is 0 Å². The predicted molar refractivity (Wildman–Crippen MR) is 88.8 cm³/mol. The number of aryl methyl sites for hydroxylation is 1. The number of carbonyl (C=O) groups is 1. The highest BCUT2D eigenvalue weighted by atomic mass is 32.1. The maximum Gasteiger partial charge on any atom is 0.265 e. The maximum atomic E-state index is 12.7. The zero-order valence-corrected chi connectivity index (χ0v) is 13.7. The topological polar surface area (TPSA) is 33.2 Å². The van der Waals surface area contributed by atoms with Gasteiger partial charge >= 0.3 is 0 Å². The molecule has 3 nitrogen and oxygen atoms in total. The van der Waals surface area contributed by atoms with Crippen molar-refractivity contribution in [1.29, 1.82) is 0 Å². The molecule has 112 valence electrons. The first kappa shape index (κ1) is 15.7. The van der Waals surface area contributed by atoms with Gasteiger partial charge in [-0.05, 0) is 19.8 Å². The van der Waals surface area contributed by atoms with Crippen molar-refractivity contribution in [1.82, 2.24) is 9.88 Å². The summed E-state index contributed by atoms with van der Waals surface area (Å²) in [5.41, 5.74) is 1.91. The summed E-state index contributed by atoms with van der Waals surface area (Å²) in [6.45, 7) is 7.75. The number of aromatic nitrogens is 1. The third kappa shape index (κ3) is 3.70. The lowest BCUT2D eigenvalue weighted by atomic mass is 10.2. The first-order chi connectivity index (χ1) is 10.2. The number of amides is 1. The number of benzene rings is 1. The van der Waals surface area contributed by atoms with Gasteiger partial charge in [-0.15, -0.1) is 11.3 Å². The van der Waals surface area contributed by atoms with Crippen molar-refractivity contribution in [2.24, 2.45) is 0 Å². The van der Waals surface area contributed by atoms with Crippen LogP contribution in [0.4, 0.5) is 0 Å². The van der Waals surface area contributed by atoms with Gasteiger partial charge in [-0.25, -0.2) is 4.98 Å². The van der Waals surface area contributed by atoms with Gasteiger partial charge in [0.1, 0.15) is 9.88 Å². The lowest BCUT2D eigenvalue weighted by molar-refractivity contribution is 0.0759. The van der Waals surface area contributed by atoms with Crippen molar-refractivity contribution >= 4 is 17.2 Å². The Morgan fingerprint density at radius 3 is 2.33 bits per heavy atom. The molecule has 2 rings (SSSR count). The molecule has 1 aromatic carbocycles. The van der Waals surface area contributed by atoms with Crippen LogP contribution in [0.15, 0.2) is 30.3 Å². The highest BCUT2D eigenvalue weighted by molar-refractivity contribution is 7.17. The van der Waals surface area contributed by atoms with E-state index in [0.717, 1.165) is 47.1 Å². The van der Waals surface area contributed by atoms with Crippen LogP contribution in [0, 0.1) is 6.92 Å². The maximum absolute atomic E-state index is 12.7.